The number of hydrogen-bond donors (Lipinski definition) is 2. The molecular formula is C23H24O5. The molecule has 0 spiro atoms. The van der Waals surface area contributed by atoms with Crippen LogP contribution in [0.4, 0.5) is 0 Å². The molecule has 0 saturated carbocycles. The highest BCUT2D eigenvalue weighted by atomic mass is 16.5. The zero-order valence-corrected chi connectivity index (χ0v) is 16.2. The van der Waals surface area contributed by atoms with Gasteiger partial charge in [-0.3, -0.25) is 0 Å². The fraction of sp³-hybridized carbons (Fsp3) is 0.217. The zero-order chi connectivity index (χ0) is 20.1. The maximum atomic E-state index is 9.65. The Morgan fingerprint density at radius 3 is 1.82 bits per heavy atom. The Kier molecular flexibility index (Phi) is 5.94. The van der Waals surface area contributed by atoms with E-state index < -0.39 is 0 Å². The van der Waals surface area contributed by atoms with E-state index in [0.29, 0.717) is 23.9 Å². The minimum absolute atomic E-state index is 0.187. The lowest BCUT2D eigenvalue weighted by Gasteiger charge is -2.21. The number of methoxy groups -OCH3 is 2. The van der Waals surface area contributed by atoms with Gasteiger partial charge < -0.3 is 24.4 Å². The molecule has 0 saturated heterocycles. The summed E-state index contributed by atoms with van der Waals surface area (Å²) in [5, 5.41) is 19.3. The molecule has 5 heteroatoms. The van der Waals surface area contributed by atoms with Crippen molar-refractivity contribution in [2.75, 3.05) is 20.8 Å². The number of phenols is 2. The second-order valence-electron chi connectivity index (χ2n) is 6.31. The summed E-state index contributed by atoms with van der Waals surface area (Å²) in [5.41, 5.74) is 3.27. The van der Waals surface area contributed by atoms with Crippen LogP contribution < -0.4 is 14.2 Å². The summed E-state index contributed by atoms with van der Waals surface area (Å²) in [4.78, 5) is 0. The first-order chi connectivity index (χ1) is 13.6. The average Bonchev–Trinajstić information content (AvgIpc) is 2.72. The van der Waals surface area contributed by atoms with Crippen LogP contribution in [0.25, 0.3) is 22.3 Å². The van der Waals surface area contributed by atoms with Gasteiger partial charge in [0, 0.05) is 5.56 Å². The van der Waals surface area contributed by atoms with Crippen LogP contribution >= 0.6 is 0 Å². The summed E-state index contributed by atoms with van der Waals surface area (Å²) in [6.45, 7) is 2.55. The van der Waals surface area contributed by atoms with E-state index in [9.17, 15) is 10.2 Å². The number of ether oxygens (including phenoxy) is 3. The molecule has 5 nitrogen and oxygen atoms in total. The molecule has 3 aromatic carbocycles. The van der Waals surface area contributed by atoms with Gasteiger partial charge in [0.05, 0.1) is 26.4 Å². The fourth-order valence-electron chi connectivity index (χ4n) is 3.08. The minimum atomic E-state index is 0.187. The van der Waals surface area contributed by atoms with Crippen molar-refractivity contribution in [2.24, 2.45) is 0 Å². The first kappa shape index (κ1) is 19.4. The van der Waals surface area contributed by atoms with Crippen molar-refractivity contribution >= 4 is 0 Å². The van der Waals surface area contributed by atoms with Gasteiger partial charge in [-0.05, 0) is 47.9 Å². The Balaban J connectivity index is 2.29. The van der Waals surface area contributed by atoms with Gasteiger partial charge in [-0.2, -0.15) is 0 Å². The van der Waals surface area contributed by atoms with Gasteiger partial charge in [-0.25, -0.2) is 0 Å². The van der Waals surface area contributed by atoms with Crippen LogP contribution in [-0.2, 0) is 0 Å². The molecule has 0 aromatic heterocycles. The first-order valence-corrected chi connectivity index (χ1v) is 9.09. The molecule has 28 heavy (non-hydrogen) atoms. The van der Waals surface area contributed by atoms with Crippen LogP contribution in [-0.4, -0.2) is 31.0 Å². The summed E-state index contributed by atoms with van der Waals surface area (Å²) in [6.07, 6.45) is 0.837. The van der Waals surface area contributed by atoms with E-state index in [1.165, 1.54) is 0 Å². The lowest BCUT2D eigenvalue weighted by molar-refractivity contribution is 0.294. The molecule has 0 fully saturated rings. The first-order valence-electron chi connectivity index (χ1n) is 9.09. The van der Waals surface area contributed by atoms with Crippen LogP contribution in [0.2, 0.25) is 0 Å². The van der Waals surface area contributed by atoms with Crippen molar-refractivity contribution in [1.29, 1.82) is 0 Å². The molecule has 0 heterocycles. The number of phenolic OH excluding ortho intramolecular Hbond substituents is 2. The maximum Gasteiger partial charge on any atom is 0.173 e. The molecule has 0 aliphatic rings. The van der Waals surface area contributed by atoms with Crippen molar-refractivity contribution in [3.05, 3.63) is 54.6 Å². The summed E-state index contributed by atoms with van der Waals surface area (Å²) in [6, 6.07) is 15.7. The van der Waals surface area contributed by atoms with Gasteiger partial charge in [0.25, 0.3) is 0 Å². The van der Waals surface area contributed by atoms with Crippen molar-refractivity contribution in [2.45, 2.75) is 13.3 Å². The van der Waals surface area contributed by atoms with E-state index in [1.54, 1.807) is 38.5 Å². The van der Waals surface area contributed by atoms with E-state index >= 15 is 0 Å². The number of rotatable bonds is 7. The van der Waals surface area contributed by atoms with Gasteiger partial charge >= 0.3 is 0 Å². The second kappa shape index (κ2) is 8.57. The van der Waals surface area contributed by atoms with Gasteiger partial charge in [0.15, 0.2) is 11.5 Å². The fourth-order valence-corrected chi connectivity index (χ4v) is 3.08. The highest BCUT2D eigenvalue weighted by Gasteiger charge is 2.23. The normalized spacial score (nSPS) is 10.5. The van der Waals surface area contributed by atoms with Crippen LogP contribution in [0.15, 0.2) is 54.6 Å². The lowest BCUT2D eigenvalue weighted by Crippen LogP contribution is -2.03. The van der Waals surface area contributed by atoms with Crippen molar-refractivity contribution in [1.82, 2.24) is 0 Å². The lowest BCUT2D eigenvalue weighted by atomic mass is 9.96. The molecule has 3 aromatic rings. The summed E-state index contributed by atoms with van der Waals surface area (Å²) >= 11 is 0. The van der Waals surface area contributed by atoms with Gasteiger partial charge in [0.1, 0.15) is 17.2 Å². The molecule has 0 unspecified atom stereocenters. The Morgan fingerprint density at radius 2 is 1.32 bits per heavy atom. The quantitative estimate of drug-likeness (QED) is 0.587. The SMILES string of the molecule is CCCOc1c(OC)c(-c2ccc(O)cc2)cc(OC)c1-c1ccc(O)cc1. The minimum Gasteiger partial charge on any atom is -0.508 e. The molecule has 0 bridgehead atoms. The molecule has 0 atom stereocenters. The van der Waals surface area contributed by atoms with Crippen LogP contribution in [0.5, 0.6) is 28.7 Å². The summed E-state index contributed by atoms with van der Waals surface area (Å²) < 4.78 is 17.5. The second-order valence-corrected chi connectivity index (χ2v) is 6.31. The topological polar surface area (TPSA) is 68.2 Å². The van der Waals surface area contributed by atoms with E-state index in [2.05, 4.69) is 0 Å². The molecule has 146 valence electrons. The molecule has 0 radical (unpaired) electrons. The highest BCUT2D eigenvalue weighted by molar-refractivity contribution is 5.88. The maximum absolute atomic E-state index is 9.65. The van der Waals surface area contributed by atoms with Gasteiger partial charge in [-0.1, -0.05) is 31.2 Å². The zero-order valence-electron chi connectivity index (χ0n) is 16.2. The van der Waals surface area contributed by atoms with Crippen molar-refractivity contribution < 1.29 is 24.4 Å². The third kappa shape index (κ3) is 3.83. The Hall–Kier alpha value is -3.34. The van der Waals surface area contributed by atoms with Crippen LogP contribution in [0, 0.1) is 0 Å². The van der Waals surface area contributed by atoms with Crippen LogP contribution in [0.3, 0.4) is 0 Å². The van der Waals surface area contributed by atoms with Crippen molar-refractivity contribution in [3.8, 4) is 51.0 Å². The molecule has 0 aliphatic carbocycles. The van der Waals surface area contributed by atoms with E-state index in [-0.39, 0.29) is 11.5 Å². The Labute approximate surface area is 164 Å². The predicted octanol–water partition coefficient (Wildman–Crippen LogP) is 5.24. The Morgan fingerprint density at radius 1 is 0.750 bits per heavy atom. The average molecular weight is 380 g/mol. The summed E-state index contributed by atoms with van der Waals surface area (Å²) in [5.74, 6) is 2.17. The largest absolute Gasteiger partial charge is 0.508 e. The molecular weight excluding hydrogens is 356 g/mol. The standard InChI is InChI=1S/C23H24O5/c1-4-13-28-23-21(16-7-11-18(25)12-8-16)20(26-2)14-19(22(23)27-3)15-5-9-17(24)10-6-15/h5-12,14,24-25H,4,13H2,1-3H3. The highest BCUT2D eigenvalue weighted by Crippen LogP contribution is 2.50. The molecule has 2 N–H and O–H groups in total. The third-order valence-electron chi connectivity index (χ3n) is 4.41. The molecule has 0 amide bonds. The van der Waals surface area contributed by atoms with E-state index in [1.807, 2.05) is 37.3 Å². The number of hydrogen-bond acceptors (Lipinski definition) is 5. The predicted molar refractivity (Wildman–Crippen MR) is 110 cm³/mol. The number of benzene rings is 3. The number of aromatic hydroxyl groups is 2. The van der Waals surface area contributed by atoms with E-state index in [0.717, 1.165) is 28.7 Å². The summed E-state index contributed by atoms with van der Waals surface area (Å²) in [7, 11) is 3.21. The van der Waals surface area contributed by atoms with Gasteiger partial charge in [-0.15, -0.1) is 0 Å². The monoisotopic (exact) mass is 380 g/mol. The Bertz CT molecular complexity index is 931. The third-order valence-corrected chi connectivity index (χ3v) is 4.41. The smallest absolute Gasteiger partial charge is 0.173 e. The molecule has 0 aliphatic heterocycles. The van der Waals surface area contributed by atoms with Gasteiger partial charge in [0.2, 0.25) is 0 Å². The van der Waals surface area contributed by atoms with Crippen LogP contribution in [0.1, 0.15) is 13.3 Å². The molecule has 3 rings (SSSR count). The van der Waals surface area contributed by atoms with Crippen molar-refractivity contribution in [3.63, 3.8) is 0 Å². The van der Waals surface area contributed by atoms with E-state index in [4.69, 9.17) is 14.2 Å².